The zero-order valence-corrected chi connectivity index (χ0v) is 37.8. The minimum absolute atomic E-state index is 0.0232. The van der Waals surface area contributed by atoms with Crippen LogP contribution in [0, 0.1) is 11.8 Å². The Labute approximate surface area is 387 Å². The second-order valence-corrected chi connectivity index (χ2v) is 18.0. The van der Waals surface area contributed by atoms with Crippen LogP contribution in [0.25, 0.3) is 0 Å². The standard InChI is InChI=1S/C48H53ClN10O7/c1-29(60)34-5-3-4-6-38(34)51-43-37(49)27-50-48(54-43)52-39-10-8-33(26-41(39)66-2)57-21-23-58(24-22-57)45(63)31-15-17-55(18-16-31)28-30-13-19-56(20-14-30)32-7-9-35-36(25-32)47(65)59(46(35)64)40-11-12-42(61)53-44(40)62/h3-10,25-27,30-31,40H,11-24,28H2,1-2H3,(H,53,61,62)(H2,50,51,52,54). The number of nitrogens with one attached hydrogen (secondary N) is 3. The molecule has 344 valence electrons. The zero-order chi connectivity index (χ0) is 46.1. The molecule has 4 aromatic rings. The molecule has 66 heavy (non-hydrogen) atoms. The Morgan fingerprint density at radius 3 is 2.21 bits per heavy atom. The lowest BCUT2D eigenvalue weighted by Crippen LogP contribution is -2.54. The first-order valence-corrected chi connectivity index (χ1v) is 23.0. The van der Waals surface area contributed by atoms with Crippen LogP contribution in [-0.4, -0.2) is 132 Å². The number of para-hydroxylation sites is 1. The van der Waals surface area contributed by atoms with Crippen LogP contribution >= 0.6 is 11.6 Å². The van der Waals surface area contributed by atoms with Gasteiger partial charge in [-0.05, 0) is 100 Å². The Morgan fingerprint density at radius 1 is 0.788 bits per heavy atom. The molecule has 0 spiro atoms. The minimum Gasteiger partial charge on any atom is -0.494 e. The Kier molecular flexibility index (Phi) is 12.9. The van der Waals surface area contributed by atoms with Crippen molar-refractivity contribution in [3.05, 3.63) is 88.6 Å². The molecule has 3 N–H and O–H groups in total. The molecular formula is C48H53ClN10O7. The van der Waals surface area contributed by atoms with Crippen LogP contribution in [0.4, 0.5) is 34.5 Å². The predicted octanol–water partition coefficient (Wildman–Crippen LogP) is 5.51. The molecule has 9 rings (SSSR count). The number of hydrogen-bond donors (Lipinski definition) is 3. The van der Waals surface area contributed by atoms with E-state index in [-0.39, 0.29) is 36.0 Å². The average Bonchev–Trinajstić information content (AvgIpc) is 3.58. The zero-order valence-electron chi connectivity index (χ0n) is 37.1. The molecule has 5 aliphatic rings. The molecule has 0 bridgehead atoms. The summed E-state index contributed by atoms with van der Waals surface area (Å²) in [7, 11) is 1.61. The van der Waals surface area contributed by atoms with Crippen LogP contribution < -0.4 is 30.5 Å². The van der Waals surface area contributed by atoms with Gasteiger partial charge in [0, 0.05) is 81.2 Å². The fourth-order valence-electron chi connectivity index (χ4n) is 9.84. The molecule has 4 fully saturated rings. The number of piperidine rings is 3. The molecule has 1 unspecified atom stereocenters. The monoisotopic (exact) mass is 916 g/mol. The fourth-order valence-corrected chi connectivity index (χ4v) is 9.98. The Morgan fingerprint density at radius 2 is 1.48 bits per heavy atom. The van der Waals surface area contributed by atoms with Crippen molar-refractivity contribution in [2.24, 2.45) is 11.8 Å². The van der Waals surface area contributed by atoms with Gasteiger partial charge in [0.15, 0.2) is 11.6 Å². The van der Waals surface area contributed by atoms with Crippen LogP contribution in [0.5, 0.6) is 5.75 Å². The summed E-state index contributed by atoms with van der Waals surface area (Å²) in [6.07, 6.45) is 5.40. The summed E-state index contributed by atoms with van der Waals surface area (Å²) in [6, 6.07) is 17.4. The number of methoxy groups -OCH3 is 1. The number of carbonyl (C=O) groups excluding carboxylic acids is 6. The number of halogens is 1. The van der Waals surface area contributed by atoms with E-state index in [1.54, 1.807) is 37.4 Å². The number of aromatic nitrogens is 2. The molecule has 0 radical (unpaired) electrons. The number of likely N-dealkylation sites (tertiary alicyclic amines) is 1. The van der Waals surface area contributed by atoms with Gasteiger partial charge in [-0.2, -0.15) is 4.98 Å². The van der Waals surface area contributed by atoms with Crippen molar-refractivity contribution in [1.82, 2.24) is 30.0 Å². The topological polar surface area (TPSA) is 190 Å². The second kappa shape index (κ2) is 19.1. The summed E-state index contributed by atoms with van der Waals surface area (Å²) in [5, 5.41) is 8.94. The number of anilines is 6. The summed E-state index contributed by atoms with van der Waals surface area (Å²) in [5.74, 6) is -0.0312. The van der Waals surface area contributed by atoms with Crippen molar-refractivity contribution >= 4 is 81.4 Å². The summed E-state index contributed by atoms with van der Waals surface area (Å²) in [6.45, 7) is 8.65. The van der Waals surface area contributed by atoms with Gasteiger partial charge < -0.3 is 35.0 Å². The maximum Gasteiger partial charge on any atom is 0.262 e. The molecule has 0 saturated carbocycles. The number of Topliss-reactive ketones (excluding diaryl/α,β-unsaturated/α-hetero) is 1. The number of carbonyl (C=O) groups is 6. The van der Waals surface area contributed by atoms with E-state index in [4.69, 9.17) is 16.3 Å². The summed E-state index contributed by atoms with van der Waals surface area (Å²) in [5.41, 5.74) is 4.24. The Bertz CT molecular complexity index is 2570. The molecule has 3 aromatic carbocycles. The highest BCUT2D eigenvalue weighted by Crippen LogP contribution is 2.35. The molecule has 0 aliphatic carbocycles. The molecule has 5 aliphatic heterocycles. The largest absolute Gasteiger partial charge is 0.494 e. The van der Waals surface area contributed by atoms with Gasteiger partial charge in [0.05, 0.1) is 35.8 Å². The first kappa shape index (κ1) is 44.6. The van der Waals surface area contributed by atoms with Gasteiger partial charge in [0.1, 0.15) is 16.8 Å². The van der Waals surface area contributed by atoms with Crippen molar-refractivity contribution < 1.29 is 33.5 Å². The first-order valence-electron chi connectivity index (χ1n) is 22.6. The van der Waals surface area contributed by atoms with Crippen LogP contribution in [0.1, 0.15) is 76.5 Å². The third kappa shape index (κ3) is 9.27. The number of nitrogens with zero attached hydrogens (tertiary/aromatic N) is 7. The van der Waals surface area contributed by atoms with Gasteiger partial charge in [-0.25, -0.2) is 4.98 Å². The number of piperazine rings is 1. The van der Waals surface area contributed by atoms with Crippen LogP contribution in [0.2, 0.25) is 5.02 Å². The van der Waals surface area contributed by atoms with E-state index in [1.807, 2.05) is 35.2 Å². The molecule has 6 heterocycles. The fraction of sp³-hybridized carbons (Fsp3) is 0.417. The van der Waals surface area contributed by atoms with E-state index in [0.717, 1.165) is 74.7 Å². The van der Waals surface area contributed by atoms with E-state index in [9.17, 15) is 28.8 Å². The molecule has 5 amide bonds. The summed E-state index contributed by atoms with van der Waals surface area (Å²) in [4.78, 5) is 95.5. The van der Waals surface area contributed by atoms with Gasteiger partial charge in [-0.1, -0.05) is 23.7 Å². The highest BCUT2D eigenvalue weighted by atomic mass is 35.5. The molecule has 4 saturated heterocycles. The van der Waals surface area contributed by atoms with Crippen LogP contribution in [0.3, 0.4) is 0 Å². The third-order valence-corrected chi connectivity index (χ3v) is 13.8. The van der Waals surface area contributed by atoms with Gasteiger partial charge in [0.2, 0.25) is 23.7 Å². The molecule has 1 aromatic heterocycles. The Hall–Kier alpha value is -6.59. The summed E-state index contributed by atoms with van der Waals surface area (Å²) < 4.78 is 5.77. The van der Waals surface area contributed by atoms with Crippen molar-refractivity contribution in [2.45, 2.75) is 51.5 Å². The highest BCUT2D eigenvalue weighted by molar-refractivity contribution is 6.33. The average molecular weight is 917 g/mol. The number of ether oxygens (including phenoxy) is 1. The number of imide groups is 2. The minimum atomic E-state index is -0.982. The van der Waals surface area contributed by atoms with Crippen molar-refractivity contribution in [2.75, 3.05) is 86.4 Å². The number of rotatable bonds is 12. The van der Waals surface area contributed by atoms with Gasteiger partial charge in [-0.3, -0.25) is 39.0 Å². The maximum atomic E-state index is 13.8. The van der Waals surface area contributed by atoms with E-state index >= 15 is 0 Å². The lowest BCUT2D eigenvalue weighted by atomic mass is 9.91. The van der Waals surface area contributed by atoms with Crippen molar-refractivity contribution in [3.63, 3.8) is 0 Å². The van der Waals surface area contributed by atoms with Crippen LogP contribution in [-0.2, 0) is 14.4 Å². The van der Waals surface area contributed by atoms with Gasteiger partial charge >= 0.3 is 0 Å². The summed E-state index contributed by atoms with van der Waals surface area (Å²) >= 11 is 6.43. The van der Waals surface area contributed by atoms with E-state index in [1.165, 1.54) is 13.1 Å². The lowest BCUT2D eigenvalue weighted by Gasteiger charge is -2.40. The second-order valence-electron chi connectivity index (χ2n) is 17.6. The third-order valence-electron chi connectivity index (χ3n) is 13.5. The number of benzene rings is 3. The normalized spacial score (nSPS) is 19.8. The first-order chi connectivity index (χ1) is 31.9. The molecular weight excluding hydrogens is 864 g/mol. The van der Waals surface area contributed by atoms with Gasteiger partial charge in [0.25, 0.3) is 11.8 Å². The Balaban J connectivity index is 0.718. The number of amides is 5. The van der Waals surface area contributed by atoms with Crippen molar-refractivity contribution in [3.8, 4) is 5.75 Å². The van der Waals surface area contributed by atoms with E-state index < -0.39 is 29.7 Å². The van der Waals surface area contributed by atoms with Gasteiger partial charge in [-0.15, -0.1) is 0 Å². The van der Waals surface area contributed by atoms with Crippen molar-refractivity contribution in [1.29, 1.82) is 0 Å². The van der Waals surface area contributed by atoms with Crippen LogP contribution in [0.15, 0.2) is 66.9 Å². The van der Waals surface area contributed by atoms with E-state index in [0.29, 0.717) is 77.1 Å². The number of hydrogen-bond acceptors (Lipinski definition) is 14. The predicted molar refractivity (Wildman–Crippen MR) is 249 cm³/mol. The highest BCUT2D eigenvalue weighted by Gasteiger charge is 2.45. The molecule has 18 heteroatoms. The number of ketones is 1. The smallest absolute Gasteiger partial charge is 0.262 e. The molecule has 1 atom stereocenters. The van der Waals surface area contributed by atoms with E-state index in [2.05, 4.69) is 40.6 Å². The lowest BCUT2D eigenvalue weighted by molar-refractivity contribution is -0.138. The maximum absolute atomic E-state index is 13.8. The quantitative estimate of drug-likeness (QED) is 0.119. The SMILES string of the molecule is COc1cc(N2CCN(C(=O)C3CCN(CC4CCN(c5ccc6c(c5)C(=O)N(C5CCC(=O)NC5=O)C6=O)CC4)CC3)CC2)ccc1Nc1ncc(Cl)c(Nc2ccccc2C(C)=O)n1. The molecule has 17 nitrogen and oxygen atoms in total. The number of fused-ring (bicyclic) bond motifs is 1.